The monoisotopic (exact) mass is 231 g/mol. The lowest BCUT2D eigenvalue weighted by molar-refractivity contribution is -0.133. The molecule has 16 heavy (non-hydrogen) atoms. The zero-order chi connectivity index (χ0) is 12.2. The Kier molecular flexibility index (Phi) is 4.06. The standard InChI is InChI=1S/C11H12F3NO/c12-11(13,14)6-5-10(16)9-3-1-8(7-15)2-4-9/h1-4H,5-7,15H2. The molecule has 0 aromatic heterocycles. The molecule has 0 bridgehead atoms. The lowest BCUT2D eigenvalue weighted by Crippen LogP contribution is -2.11. The molecule has 1 aromatic rings. The molecule has 0 heterocycles. The summed E-state index contributed by atoms with van der Waals surface area (Å²) < 4.78 is 35.6. The van der Waals surface area contributed by atoms with E-state index in [2.05, 4.69) is 0 Å². The van der Waals surface area contributed by atoms with E-state index >= 15 is 0 Å². The first kappa shape index (κ1) is 12.7. The molecular formula is C11H12F3NO. The van der Waals surface area contributed by atoms with E-state index in [9.17, 15) is 18.0 Å². The molecule has 0 radical (unpaired) electrons. The second-order valence-corrected chi connectivity index (χ2v) is 3.44. The van der Waals surface area contributed by atoms with Gasteiger partial charge in [0, 0.05) is 18.5 Å². The Morgan fingerprint density at radius 2 is 1.75 bits per heavy atom. The molecule has 1 aromatic carbocycles. The maximum Gasteiger partial charge on any atom is 0.389 e. The van der Waals surface area contributed by atoms with E-state index < -0.39 is 24.8 Å². The van der Waals surface area contributed by atoms with Crippen LogP contribution in [0.3, 0.4) is 0 Å². The Balaban J connectivity index is 2.59. The van der Waals surface area contributed by atoms with E-state index in [4.69, 9.17) is 5.73 Å². The number of hydrogen-bond donors (Lipinski definition) is 1. The quantitative estimate of drug-likeness (QED) is 0.809. The number of hydrogen-bond acceptors (Lipinski definition) is 2. The van der Waals surface area contributed by atoms with Crippen molar-refractivity contribution in [3.63, 3.8) is 0 Å². The maximum absolute atomic E-state index is 11.9. The molecule has 0 aliphatic rings. The number of rotatable bonds is 4. The summed E-state index contributed by atoms with van der Waals surface area (Å²) in [6, 6.07) is 6.28. The Labute approximate surface area is 91.3 Å². The van der Waals surface area contributed by atoms with Gasteiger partial charge in [-0.15, -0.1) is 0 Å². The van der Waals surface area contributed by atoms with Gasteiger partial charge in [-0.1, -0.05) is 24.3 Å². The van der Waals surface area contributed by atoms with Crippen LogP contribution in [0, 0.1) is 0 Å². The van der Waals surface area contributed by atoms with Crippen LogP contribution >= 0.6 is 0 Å². The van der Waals surface area contributed by atoms with Crippen LogP contribution < -0.4 is 5.73 Å². The average molecular weight is 231 g/mol. The molecule has 0 atom stereocenters. The zero-order valence-corrected chi connectivity index (χ0v) is 8.55. The number of alkyl halides is 3. The van der Waals surface area contributed by atoms with Crippen LogP contribution in [0.1, 0.15) is 28.8 Å². The molecule has 0 spiro atoms. The highest BCUT2D eigenvalue weighted by Crippen LogP contribution is 2.22. The highest BCUT2D eigenvalue weighted by Gasteiger charge is 2.27. The van der Waals surface area contributed by atoms with Crippen molar-refractivity contribution in [2.45, 2.75) is 25.6 Å². The summed E-state index contributed by atoms with van der Waals surface area (Å²) in [4.78, 5) is 11.4. The molecular weight excluding hydrogens is 219 g/mol. The number of carbonyl (C=O) groups excluding carboxylic acids is 1. The molecule has 0 aliphatic carbocycles. The number of halogens is 3. The summed E-state index contributed by atoms with van der Waals surface area (Å²) in [6.07, 6.45) is -5.87. The van der Waals surface area contributed by atoms with Crippen molar-refractivity contribution in [3.8, 4) is 0 Å². The molecule has 0 unspecified atom stereocenters. The van der Waals surface area contributed by atoms with Crippen LogP contribution in [0.25, 0.3) is 0 Å². The molecule has 0 amide bonds. The van der Waals surface area contributed by atoms with Gasteiger partial charge < -0.3 is 5.73 Å². The van der Waals surface area contributed by atoms with Gasteiger partial charge in [0.05, 0.1) is 6.42 Å². The van der Waals surface area contributed by atoms with Gasteiger partial charge in [-0.3, -0.25) is 4.79 Å². The first-order valence-corrected chi connectivity index (χ1v) is 4.81. The van der Waals surface area contributed by atoms with Crippen molar-refractivity contribution in [2.75, 3.05) is 0 Å². The van der Waals surface area contributed by atoms with Crippen molar-refractivity contribution >= 4 is 5.78 Å². The summed E-state index contributed by atoms with van der Waals surface area (Å²) in [5.41, 5.74) is 6.49. The minimum Gasteiger partial charge on any atom is -0.326 e. The normalized spacial score (nSPS) is 11.5. The first-order chi connectivity index (χ1) is 7.42. The summed E-state index contributed by atoms with van der Waals surface area (Å²) in [6.45, 7) is 0.344. The maximum atomic E-state index is 11.9. The molecule has 88 valence electrons. The SMILES string of the molecule is NCc1ccc(C(=O)CCC(F)(F)F)cc1. The summed E-state index contributed by atoms with van der Waals surface area (Å²) in [5, 5.41) is 0. The third-order valence-electron chi connectivity index (χ3n) is 2.15. The second-order valence-electron chi connectivity index (χ2n) is 3.44. The summed E-state index contributed by atoms with van der Waals surface area (Å²) in [5.74, 6) is -0.499. The molecule has 5 heteroatoms. The van der Waals surface area contributed by atoms with Crippen LogP contribution in [-0.4, -0.2) is 12.0 Å². The zero-order valence-electron chi connectivity index (χ0n) is 8.55. The fraction of sp³-hybridized carbons (Fsp3) is 0.364. The van der Waals surface area contributed by atoms with Gasteiger partial charge in [-0.2, -0.15) is 13.2 Å². The van der Waals surface area contributed by atoms with E-state index in [0.717, 1.165) is 5.56 Å². The molecule has 0 saturated heterocycles. The molecule has 1 rings (SSSR count). The first-order valence-electron chi connectivity index (χ1n) is 4.81. The minimum atomic E-state index is -4.28. The predicted molar refractivity (Wildman–Crippen MR) is 54.0 cm³/mol. The third-order valence-corrected chi connectivity index (χ3v) is 2.15. The molecule has 2 N–H and O–H groups in total. The van der Waals surface area contributed by atoms with E-state index in [0.29, 0.717) is 12.1 Å². The second kappa shape index (κ2) is 5.12. The Morgan fingerprint density at radius 1 is 1.19 bits per heavy atom. The van der Waals surface area contributed by atoms with Crippen molar-refractivity contribution in [2.24, 2.45) is 5.73 Å². The van der Waals surface area contributed by atoms with Crippen LogP contribution in [-0.2, 0) is 6.54 Å². The van der Waals surface area contributed by atoms with Crippen LogP contribution in [0.2, 0.25) is 0 Å². The largest absolute Gasteiger partial charge is 0.389 e. The van der Waals surface area contributed by atoms with Gasteiger partial charge in [0.25, 0.3) is 0 Å². The van der Waals surface area contributed by atoms with Gasteiger partial charge in [-0.05, 0) is 5.56 Å². The minimum absolute atomic E-state index is 0.293. The lowest BCUT2D eigenvalue weighted by atomic mass is 10.0. The van der Waals surface area contributed by atoms with Gasteiger partial charge >= 0.3 is 6.18 Å². The van der Waals surface area contributed by atoms with E-state index in [1.165, 1.54) is 12.1 Å². The number of nitrogens with two attached hydrogens (primary N) is 1. The van der Waals surface area contributed by atoms with Gasteiger partial charge in [0.2, 0.25) is 0 Å². The highest BCUT2D eigenvalue weighted by molar-refractivity contribution is 5.96. The van der Waals surface area contributed by atoms with Crippen LogP contribution in [0.5, 0.6) is 0 Å². The molecule has 0 saturated carbocycles. The Hall–Kier alpha value is -1.36. The predicted octanol–water partition coefficient (Wildman–Crippen LogP) is 2.67. The number of Topliss-reactive ketones (excluding diaryl/α,β-unsaturated/α-hetero) is 1. The highest BCUT2D eigenvalue weighted by atomic mass is 19.4. The fourth-order valence-electron chi connectivity index (χ4n) is 1.23. The van der Waals surface area contributed by atoms with Crippen LogP contribution in [0.4, 0.5) is 13.2 Å². The van der Waals surface area contributed by atoms with E-state index in [1.807, 2.05) is 0 Å². The number of ketones is 1. The van der Waals surface area contributed by atoms with E-state index in [1.54, 1.807) is 12.1 Å². The van der Waals surface area contributed by atoms with Crippen molar-refractivity contribution in [1.82, 2.24) is 0 Å². The van der Waals surface area contributed by atoms with Crippen molar-refractivity contribution < 1.29 is 18.0 Å². The lowest BCUT2D eigenvalue weighted by Gasteiger charge is -2.05. The Bertz CT molecular complexity index is 356. The summed E-state index contributed by atoms with van der Waals surface area (Å²) in [7, 11) is 0. The number of benzene rings is 1. The smallest absolute Gasteiger partial charge is 0.326 e. The summed E-state index contributed by atoms with van der Waals surface area (Å²) >= 11 is 0. The van der Waals surface area contributed by atoms with E-state index in [-0.39, 0.29) is 0 Å². The van der Waals surface area contributed by atoms with Gasteiger partial charge in [0.1, 0.15) is 0 Å². The average Bonchev–Trinajstić information content (AvgIpc) is 2.25. The molecule has 0 fully saturated rings. The fourth-order valence-corrected chi connectivity index (χ4v) is 1.23. The third kappa shape index (κ3) is 4.02. The van der Waals surface area contributed by atoms with Crippen molar-refractivity contribution in [1.29, 1.82) is 0 Å². The van der Waals surface area contributed by atoms with Gasteiger partial charge in [-0.25, -0.2) is 0 Å². The van der Waals surface area contributed by atoms with Gasteiger partial charge in [0.15, 0.2) is 5.78 Å². The van der Waals surface area contributed by atoms with Crippen LogP contribution in [0.15, 0.2) is 24.3 Å². The molecule has 0 aliphatic heterocycles. The topological polar surface area (TPSA) is 43.1 Å². The Morgan fingerprint density at radius 3 is 2.19 bits per heavy atom. The van der Waals surface area contributed by atoms with Crippen molar-refractivity contribution in [3.05, 3.63) is 35.4 Å². The molecule has 2 nitrogen and oxygen atoms in total. The number of carbonyl (C=O) groups is 1.